The SMILES string of the molecule is CC(C)[C@](C)(C#N)NC(=O)COC(=O)c1ccc2c(c1)OCO2. The number of rotatable bonds is 5. The molecule has 7 heteroatoms. The number of esters is 1. The predicted octanol–water partition coefficient (Wildman–Crippen LogP) is 1.63. The molecule has 0 unspecified atom stereocenters. The van der Waals surface area contributed by atoms with Crippen LogP contribution >= 0.6 is 0 Å². The molecule has 0 saturated carbocycles. The van der Waals surface area contributed by atoms with Crippen LogP contribution in [0.3, 0.4) is 0 Å². The molecule has 0 radical (unpaired) electrons. The van der Waals surface area contributed by atoms with Crippen molar-refractivity contribution in [1.82, 2.24) is 5.32 Å². The van der Waals surface area contributed by atoms with E-state index >= 15 is 0 Å². The molecule has 23 heavy (non-hydrogen) atoms. The van der Waals surface area contributed by atoms with E-state index in [1.54, 1.807) is 13.0 Å². The fourth-order valence-corrected chi connectivity index (χ4v) is 1.87. The minimum atomic E-state index is -1.01. The van der Waals surface area contributed by atoms with E-state index in [1.165, 1.54) is 12.1 Å². The summed E-state index contributed by atoms with van der Waals surface area (Å²) in [6, 6.07) is 6.68. The monoisotopic (exact) mass is 318 g/mol. The third-order valence-electron chi connectivity index (χ3n) is 3.73. The molecule has 1 aliphatic heterocycles. The number of hydrogen-bond acceptors (Lipinski definition) is 6. The first-order valence-electron chi connectivity index (χ1n) is 7.15. The Morgan fingerprint density at radius 2 is 2.09 bits per heavy atom. The number of benzene rings is 1. The molecule has 0 spiro atoms. The molecule has 0 bridgehead atoms. The van der Waals surface area contributed by atoms with Gasteiger partial charge in [0, 0.05) is 0 Å². The number of hydrogen-bond donors (Lipinski definition) is 1. The van der Waals surface area contributed by atoms with Crippen molar-refractivity contribution >= 4 is 11.9 Å². The fraction of sp³-hybridized carbons (Fsp3) is 0.438. The summed E-state index contributed by atoms with van der Waals surface area (Å²) in [7, 11) is 0. The summed E-state index contributed by atoms with van der Waals surface area (Å²) >= 11 is 0. The van der Waals surface area contributed by atoms with Crippen LogP contribution in [0.15, 0.2) is 18.2 Å². The highest BCUT2D eigenvalue weighted by Crippen LogP contribution is 2.32. The van der Waals surface area contributed by atoms with Crippen molar-refractivity contribution in [3.8, 4) is 17.6 Å². The van der Waals surface area contributed by atoms with E-state index in [-0.39, 0.29) is 18.3 Å². The van der Waals surface area contributed by atoms with Gasteiger partial charge in [-0.25, -0.2) is 4.79 Å². The second kappa shape index (κ2) is 6.57. The van der Waals surface area contributed by atoms with E-state index < -0.39 is 24.0 Å². The molecule has 1 atom stereocenters. The molecule has 7 nitrogen and oxygen atoms in total. The van der Waals surface area contributed by atoms with Crippen molar-refractivity contribution in [2.24, 2.45) is 5.92 Å². The first kappa shape index (κ1) is 16.6. The van der Waals surface area contributed by atoms with Gasteiger partial charge in [-0.1, -0.05) is 13.8 Å². The maximum Gasteiger partial charge on any atom is 0.338 e. The zero-order valence-corrected chi connectivity index (χ0v) is 13.2. The lowest BCUT2D eigenvalue weighted by Crippen LogP contribution is -2.50. The maximum absolute atomic E-state index is 12.0. The van der Waals surface area contributed by atoms with Gasteiger partial charge in [-0.15, -0.1) is 0 Å². The van der Waals surface area contributed by atoms with Gasteiger partial charge in [-0.3, -0.25) is 4.79 Å². The lowest BCUT2D eigenvalue weighted by Gasteiger charge is -2.27. The molecule has 0 aromatic heterocycles. The van der Waals surface area contributed by atoms with Gasteiger partial charge in [0.2, 0.25) is 6.79 Å². The van der Waals surface area contributed by atoms with Crippen LogP contribution in [-0.4, -0.2) is 30.8 Å². The number of carbonyl (C=O) groups is 2. The molecule has 1 aromatic carbocycles. The van der Waals surface area contributed by atoms with Gasteiger partial charge >= 0.3 is 5.97 Å². The molecule has 1 aromatic rings. The van der Waals surface area contributed by atoms with Gasteiger partial charge in [-0.05, 0) is 31.0 Å². The largest absolute Gasteiger partial charge is 0.454 e. The molecule has 0 fully saturated rings. The van der Waals surface area contributed by atoms with Crippen molar-refractivity contribution in [1.29, 1.82) is 5.26 Å². The highest BCUT2D eigenvalue weighted by atomic mass is 16.7. The topological polar surface area (TPSA) is 97.7 Å². The van der Waals surface area contributed by atoms with E-state index in [2.05, 4.69) is 11.4 Å². The van der Waals surface area contributed by atoms with Crippen LogP contribution in [-0.2, 0) is 9.53 Å². The lowest BCUT2D eigenvalue weighted by molar-refractivity contribution is -0.125. The number of ether oxygens (including phenoxy) is 3. The summed E-state index contributed by atoms with van der Waals surface area (Å²) in [6.45, 7) is 4.91. The lowest BCUT2D eigenvalue weighted by atomic mass is 9.90. The van der Waals surface area contributed by atoms with Crippen LogP contribution in [0.4, 0.5) is 0 Å². The van der Waals surface area contributed by atoms with E-state index in [0.29, 0.717) is 11.5 Å². The maximum atomic E-state index is 12.0. The zero-order chi connectivity index (χ0) is 17.0. The van der Waals surface area contributed by atoms with Gasteiger partial charge in [-0.2, -0.15) is 5.26 Å². The number of fused-ring (bicyclic) bond motifs is 1. The van der Waals surface area contributed by atoms with Gasteiger partial charge in [0.05, 0.1) is 11.6 Å². The summed E-state index contributed by atoms with van der Waals surface area (Å²) in [5.41, 5.74) is -0.753. The average molecular weight is 318 g/mol. The highest BCUT2D eigenvalue weighted by molar-refractivity contribution is 5.92. The summed E-state index contributed by atoms with van der Waals surface area (Å²) < 4.78 is 15.3. The Balaban J connectivity index is 1.92. The predicted molar refractivity (Wildman–Crippen MR) is 79.8 cm³/mol. The second-order valence-electron chi connectivity index (χ2n) is 5.66. The van der Waals surface area contributed by atoms with E-state index in [4.69, 9.17) is 19.5 Å². The van der Waals surface area contributed by atoms with Gasteiger partial charge in [0.25, 0.3) is 5.91 Å². The van der Waals surface area contributed by atoms with Crippen LogP contribution in [0.2, 0.25) is 0 Å². The molecule has 1 aliphatic rings. The van der Waals surface area contributed by atoms with Gasteiger partial charge < -0.3 is 19.5 Å². The Kier molecular flexibility index (Phi) is 4.74. The molecular weight excluding hydrogens is 300 g/mol. The Morgan fingerprint density at radius 3 is 2.74 bits per heavy atom. The molecule has 1 N–H and O–H groups in total. The first-order valence-corrected chi connectivity index (χ1v) is 7.15. The molecule has 1 amide bonds. The standard InChI is InChI=1S/C16H18N2O5/c1-10(2)16(3,8-17)18-14(19)7-21-15(20)11-4-5-12-13(6-11)23-9-22-12/h4-6,10H,7,9H2,1-3H3,(H,18,19)/t16-/m0/s1. The minimum absolute atomic E-state index is 0.0824. The van der Waals surface area contributed by atoms with E-state index in [0.717, 1.165) is 0 Å². The number of nitrogens with zero attached hydrogens (tertiary/aromatic N) is 1. The van der Waals surface area contributed by atoms with E-state index in [9.17, 15) is 9.59 Å². The summed E-state index contributed by atoms with van der Waals surface area (Å²) in [6.07, 6.45) is 0. The van der Waals surface area contributed by atoms with Crippen LogP contribution in [0.1, 0.15) is 31.1 Å². The van der Waals surface area contributed by atoms with Gasteiger partial charge in [0.15, 0.2) is 18.1 Å². The van der Waals surface area contributed by atoms with Crippen LogP contribution in [0, 0.1) is 17.2 Å². The highest BCUT2D eigenvalue weighted by Gasteiger charge is 2.30. The minimum Gasteiger partial charge on any atom is -0.454 e. The average Bonchev–Trinajstić information content (AvgIpc) is 2.99. The normalized spacial score (nSPS) is 14.7. The van der Waals surface area contributed by atoms with Crippen LogP contribution in [0.5, 0.6) is 11.5 Å². The molecule has 1 heterocycles. The molecule has 0 aliphatic carbocycles. The Bertz CT molecular complexity index is 665. The summed E-state index contributed by atoms with van der Waals surface area (Å²) in [4.78, 5) is 23.8. The summed E-state index contributed by atoms with van der Waals surface area (Å²) in [5.74, 6) is -0.249. The Hall–Kier alpha value is -2.75. The molecule has 122 valence electrons. The fourth-order valence-electron chi connectivity index (χ4n) is 1.87. The molecule has 0 saturated heterocycles. The number of carbonyl (C=O) groups excluding carboxylic acids is 2. The first-order chi connectivity index (χ1) is 10.9. The molecular formula is C16H18N2O5. The second-order valence-corrected chi connectivity index (χ2v) is 5.66. The number of nitriles is 1. The van der Waals surface area contributed by atoms with Crippen LogP contribution in [0.25, 0.3) is 0 Å². The quantitative estimate of drug-likeness (QED) is 0.829. The Morgan fingerprint density at radius 1 is 1.39 bits per heavy atom. The third-order valence-corrected chi connectivity index (χ3v) is 3.73. The van der Waals surface area contributed by atoms with Crippen molar-refractivity contribution in [3.05, 3.63) is 23.8 Å². The van der Waals surface area contributed by atoms with Crippen molar-refractivity contribution in [3.63, 3.8) is 0 Å². The molecule has 2 rings (SSSR count). The smallest absolute Gasteiger partial charge is 0.338 e. The number of nitrogens with one attached hydrogen (secondary N) is 1. The van der Waals surface area contributed by atoms with Crippen molar-refractivity contribution in [2.45, 2.75) is 26.3 Å². The van der Waals surface area contributed by atoms with Crippen LogP contribution < -0.4 is 14.8 Å². The third kappa shape index (κ3) is 3.72. The van der Waals surface area contributed by atoms with Crippen molar-refractivity contribution in [2.75, 3.05) is 13.4 Å². The van der Waals surface area contributed by atoms with Gasteiger partial charge in [0.1, 0.15) is 5.54 Å². The zero-order valence-electron chi connectivity index (χ0n) is 13.2. The van der Waals surface area contributed by atoms with Crippen molar-refractivity contribution < 1.29 is 23.8 Å². The summed E-state index contributed by atoms with van der Waals surface area (Å²) in [5, 5.41) is 11.7. The number of amides is 1. The van der Waals surface area contributed by atoms with E-state index in [1.807, 2.05) is 13.8 Å². The Labute approximate surface area is 134 Å².